The first-order chi connectivity index (χ1) is 19.8. The third-order valence-electron chi connectivity index (χ3n) is 8.17. The van der Waals surface area contributed by atoms with Crippen LogP contribution < -0.4 is 15.4 Å². The van der Waals surface area contributed by atoms with Crippen molar-refractivity contribution in [2.24, 2.45) is 11.1 Å². The highest BCUT2D eigenvalue weighted by Crippen LogP contribution is 2.51. The maximum Gasteiger partial charge on any atom is 0.162 e. The van der Waals surface area contributed by atoms with Crippen molar-refractivity contribution < 1.29 is 13.9 Å². The van der Waals surface area contributed by atoms with Crippen LogP contribution in [0.2, 0.25) is 10.0 Å². The average Bonchev–Trinajstić information content (AvgIpc) is 2.90. The lowest BCUT2D eigenvalue weighted by molar-refractivity contribution is -0.118. The predicted octanol–water partition coefficient (Wildman–Crippen LogP) is 8.58. The number of carbonyl (C=O) groups excluding carboxylic acids is 1. The van der Waals surface area contributed by atoms with Gasteiger partial charge in [0.1, 0.15) is 24.0 Å². The largest absolute Gasteiger partial charge is 0.487 e. The Labute approximate surface area is 256 Å². The first-order valence-electron chi connectivity index (χ1n) is 13.7. The number of halogens is 3. The molecule has 0 spiro atoms. The van der Waals surface area contributed by atoms with Crippen LogP contribution in [0.5, 0.6) is 5.75 Å². The van der Waals surface area contributed by atoms with Crippen LogP contribution in [-0.2, 0) is 11.4 Å². The molecule has 1 heterocycles. The van der Waals surface area contributed by atoms with Gasteiger partial charge in [0.15, 0.2) is 5.78 Å². The van der Waals surface area contributed by atoms with E-state index in [1.807, 2.05) is 56.0 Å². The average molecular weight is 605 g/mol. The maximum absolute atomic E-state index is 14.0. The summed E-state index contributed by atoms with van der Waals surface area (Å²) in [6.07, 6.45) is 0.952. The summed E-state index contributed by atoms with van der Waals surface area (Å²) < 4.78 is 19.5. The number of ketones is 1. The van der Waals surface area contributed by atoms with E-state index in [1.54, 1.807) is 0 Å². The highest BCUT2D eigenvalue weighted by molar-refractivity contribution is 6.32. The molecular weight excluding hydrogens is 572 g/mol. The molecular formula is C34H32Cl2FN3O2. The lowest BCUT2D eigenvalue weighted by Crippen LogP contribution is -2.42. The van der Waals surface area contributed by atoms with Gasteiger partial charge in [-0.05, 0) is 90.8 Å². The summed E-state index contributed by atoms with van der Waals surface area (Å²) in [7, 11) is 0. The second-order valence-electron chi connectivity index (χ2n) is 11.9. The first-order valence-corrected chi connectivity index (χ1v) is 14.5. The molecule has 0 saturated heterocycles. The Morgan fingerprint density at radius 1 is 1.07 bits per heavy atom. The number of carbonyl (C=O) groups is 1. The van der Waals surface area contributed by atoms with Gasteiger partial charge in [0.25, 0.3) is 0 Å². The van der Waals surface area contributed by atoms with Gasteiger partial charge in [-0.2, -0.15) is 5.26 Å². The fourth-order valence-electron chi connectivity index (χ4n) is 6.06. The van der Waals surface area contributed by atoms with Gasteiger partial charge in [-0.25, -0.2) is 4.39 Å². The SMILES string of the molecule is Cc1cc(C)c(C2C(C#N)=C(N)N(c3cccc(Cl)c3C)C3=C2C(=O)CC(C)(C)C3)cc1COc1ccc(F)cc1Cl. The van der Waals surface area contributed by atoms with Gasteiger partial charge in [0.05, 0.1) is 28.3 Å². The Kier molecular flexibility index (Phi) is 7.87. The molecule has 0 fully saturated rings. The van der Waals surface area contributed by atoms with Crippen molar-refractivity contribution in [1.82, 2.24) is 0 Å². The molecule has 0 radical (unpaired) electrons. The van der Waals surface area contributed by atoms with Crippen molar-refractivity contribution in [3.63, 3.8) is 0 Å². The zero-order valence-electron chi connectivity index (χ0n) is 24.2. The maximum atomic E-state index is 14.0. The zero-order valence-corrected chi connectivity index (χ0v) is 25.8. The van der Waals surface area contributed by atoms with Crippen molar-refractivity contribution in [1.29, 1.82) is 5.26 Å². The van der Waals surface area contributed by atoms with E-state index in [4.69, 9.17) is 33.7 Å². The van der Waals surface area contributed by atoms with Gasteiger partial charge in [-0.1, -0.05) is 55.2 Å². The zero-order chi connectivity index (χ0) is 30.5. The molecule has 0 aromatic heterocycles. The Bertz CT molecular complexity index is 1740. The molecule has 8 heteroatoms. The summed E-state index contributed by atoms with van der Waals surface area (Å²) in [6.45, 7) is 10.2. The number of hydrogen-bond acceptors (Lipinski definition) is 5. The molecule has 2 aliphatic rings. The minimum atomic E-state index is -0.641. The number of nitriles is 1. The molecule has 5 nitrogen and oxygen atoms in total. The van der Waals surface area contributed by atoms with E-state index in [2.05, 4.69) is 19.9 Å². The summed E-state index contributed by atoms with van der Waals surface area (Å²) in [5.74, 6) is -0.447. The number of nitrogens with two attached hydrogens (primary N) is 1. The highest BCUT2D eigenvalue weighted by Gasteiger charge is 2.45. The van der Waals surface area contributed by atoms with E-state index in [9.17, 15) is 14.4 Å². The fourth-order valence-corrected chi connectivity index (χ4v) is 6.46. The van der Waals surface area contributed by atoms with E-state index < -0.39 is 11.7 Å². The lowest BCUT2D eigenvalue weighted by atomic mass is 9.68. The Morgan fingerprint density at radius 2 is 1.81 bits per heavy atom. The Balaban J connectivity index is 1.68. The number of aryl methyl sites for hydroxylation is 2. The third-order valence-corrected chi connectivity index (χ3v) is 8.88. The van der Waals surface area contributed by atoms with Gasteiger partial charge in [-0.15, -0.1) is 0 Å². The second kappa shape index (κ2) is 11.1. The minimum Gasteiger partial charge on any atom is -0.487 e. The van der Waals surface area contributed by atoms with Gasteiger partial charge < -0.3 is 10.5 Å². The van der Waals surface area contributed by atoms with E-state index in [0.717, 1.165) is 39.2 Å². The van der Waals surface area contributed by atoms with Gasteiger partial charge in [-0.3, -0.25) is 9.69 Å². The van der Waals surface area contributed by atoms with Crippen molar-refractivity contribution in [2.75, 3.05) is 4.90 Å². The standard InChI is InChI=1S/C34H32Cl2FN3O2/c1-18-11-19(2)23(12-21(18)17-42-30-10-9-22(37)13-26(30)36)31-24(16-38)33(39)40(27-8-6-7-25(35)20(27)3)28-14-34(4,5)15-29(41)32(28)31/h6-13,31H,14-15,17,39H2,1-5H3. The van der Waals surface area contributed by atoms with Crippen molar-refractivity contribution in [2.45, 2.75) is 60.0 Å². The summed E-state index contributed by atoms with van der Waals surface area (Å²) in [6, 6.07) is 15.9. The summed E-state index contributed by atoms with van der Waals surface area (Å²) >= 11 is 12.7. The number of rotatable bonds is 5. The molecule has 42 heavy (non-hydrogen) atoms. The second-order valence-corrected chi connectivity index (χ2v) is 12.7. The molecule has 0 amide bonds. The van der Waals surface area contributed by atoms with Crippen LogP contribution in [0, 0.1) is 43.3 Å². The molecule has 5 rings (SSSR count). The van der Waals surface area contributed by atoms with E-state index in [1.165, 1.54) is 18.2 Å². The molecule has 0 bridgehead atoms. The van der Waals surface area contributed by atoms with Gasteiger partial charge in [0, 0.05) is 22.7 Å². The third kappa shape index (κ3) is 5.28. The molecule has 2 N–H and O–H groups in total. The topological polar surface area (TPSA) is 79.4 Å². The molecule has 3 aromatic rings. The Hall–Kier alpha value is -3.79. The molecule has 1 aliphatic carbocycles. The molecule has 3 aromatic carbocycles. The number of allylic oxidation sites excluding steroid dienone is 3. The molecule has 1 unspecified atom stereocenters. The first kappa shape index (κ1) is 29.7. The smallest absolute Gasteiger partial charge is 0.162 e. The van der Waals surface area contributed by atoms with Crippen LogP contribution in [0.15, 0.2) is 71.2 Å². The fraction of sp³-hybridized carbons (Fsp3) is 0.294. The van der Waals surface area contributed by atoms with E-state index in [-0.39, 0.29) is 28.6 Å². The predicted molar refractivity (Wildman–Crippen MR) is 165 cm³/mol. The van der Waals surface area contributed by atoms with Crippen molar-refractivity contribution >= 4 is 34.7 Å². The summed E-state index contributed by atoms with van der Waals surface area (Å²) in [5.41, 5.74) is 13.4. The van der Waals surface area contributed by atoms with E-state index >= 15 is 0 Å². The Morgan fingerprint density at radius 3 is 2.50 bits per heavy atom. The van der Waals surface area contributed by atoms with Crippen LogP contribution in [0.1, 0.15) is 60.4 Å². The molecule has 1 aliphatic heterocycles. The number of benzene rings is 3. The minimum absolute atomic E-state index is 0.00736. The summed E-state index contributed by atoms with van der Waals surface area (Å²) in [4.78, 5) is 15.9. The van der Waals surface area contributed by atoms with Crippen LogP contribution in [0.25, 0.3) is 0 Å². The van der Waals surface area contributed by atoms with Crippen LogP contribution in [0.3, 0.4) is 0 Å². The van der Waals surface area contributed by atoms with Crippen LogP contribution in [0.4, 0.5) is 10.1 Å². The highest BCUT2D eigenvalue weighted by atomic mass is 35.5. The van der Waals surface area contributed by atoms with Crippen molar-refractivity contribution in [3.8, 4) is 11.8 Å². The normalized spacial score (nSPS) is 18.2. The lowest BCUT2D eigenvalue weighted by Gasteiger charge is -2.44. The van der Waals surface area contributed by atoms with E-state index in [0.29, 0.717) is 34.8 Å². The van der Waals surface area contributed by atoms with Gasteiger partial charge in [0.2, 0.25) is 0 Å². The summed E-state index contributed by atoms with van der Waals surface area (Å²) in [5, 5.41) is 11.3. The van der Waals surface area contributed by atoms with Crippen molar-refractivity contribution in [3.05, 3.63) is 115 Å². The van der Waals surface area contributed by atoms with Gasteiger partial charge >= 0.3 is 0 Å². The molecule has 216 valence electrons. The monoisotopic (exact) mass is 603 g/mol. The molecule has 1 atom stereocenters. The quantitative estimate of drug-likeness (QED) is 0.316. The molecule has 0 saturated carbocycles. The number of nitrogens with zero attached hydrogens (tertiary/aromatic N) is 2. The number of ether oxygens (including phenoxy) is 1. The van der Waals surface area contributed by atoms with Crippen LogP contribution >= 0.6 is 23.2 Å². The number of anilines is 1. The number of Topliss-reactive ketones (excluding diaryl/α,β-unsaturated/α-hetero) is 1. The number of hydrogen-bond donors (Lipinski definition) is 1. The van der Waals surface area contributed by atoms with Crippen LogP contribution in [-0.4, -0.2) is 5.78 Å².